The van der Waals surface area contributed by atoms with Crippen LogP contribution in [0.2, 0.25) is 0 Å². The second kappa shape index (κ2) is 6.61. The molecule has 1 aromatic heterocycles. The molecule has 0 amide bonds. The Bertz CT molecular complexity index is 1120. The summed E-state index contributed by atoms with van der Waals surface area (Å²) in [5, 5.41) is 5.95. The molecular formula is C21H17N3OS. The fourth-order valence-electron chi connectivity index (χ4n) is 2.86. The molecule has 0 bridgehead atoms. The largest absolute Gasteiger partial charge is 0.382 e. The SMILES string of the molecule is Cc1cccc(Nc2nc(N)c(C(=O)c3ccc4ccccc4c3)s2)c1. The van der Waals surface area contributed by atoms with E-state index in [9.17, 15) is 4.79 Å². The molecule has 3 N–H and O–H groups in total. The molecule has 5 heteroatoms. The highest BCUT2D eigenvalue weighted by Gasteiger charge is 2.18. The Morgan fingerprint density at radius 2 is 1.81 bits per heavy atom. The van der Waals surface area contributed by atoms with Crippen molar-refractivity contribution in [2.24, 2.45) is 0 Å². The summed E-state index contributed by atoms with van der Waals surface area (Å²) >= 11 is 1.27. The van der Waals surface area contributed by atoms with E-state index < -0.39 is 0 Å². The van der Waals surface area contributed by atoms with E-state index >= 15 is 0 Å². The summed E-state index contributed by atoms with van der Waals surface area (Å²) in [6.07, 6.45) is 0. The molecule has 26 heavy (non-hydrogen) atoms. The third kappa shape index (κ3) is 3.17. The molecule has 4 aromatic rings. The first-order valence-corrected chi connectivity index (χ1v) is 9.05. The van der Waals surface area contributed by atoms with Crippen LogP contribution in [-0.2, 0) is 0 Å². The molecule has 4 nitrogen and oxygen atoms in total. The zero-order chi connectivity index (χ0) is 18.1. The molecule has 4 rings (SSSR count). The van der Waals surface area contributed by atoms with Gasteiger partial charge in [0.15, 0.2) is 5.13 Å². The smallest absolute Gasteiger partial charge is 0.206 e. The average Bonchev–Trinajstić information content (AvgIpc) is 3.01. The molecule has 0 aliphatic rings. The van der Waals surface area contributed by atoms with Crippen molar-refractivity contribution in [2.45, 2.75) is 6.92 Å². The zero-order valence-corrected chi connectivity index (χ0v) is 15.0. The van der Waals surface area contributed by atoms with Crippen LogP contribution in [0.25, 0.3) is 10.8 Å². The Balaban J connectivity index is 1.64. The summed E-state index contributed by atoms with van der Waals surface area (Å²) in [6, 6.07) is 21.6. The van der Waals surface area contributed by atoms with E-state index in [1.54, 1.807) is 0 Å². The van der Waals surface area contributed by atoms with Gasteiger partial charge in [-0.3, -0.25) is 4.79 Å². The van der Waals surface area contributed by atoms with Gasteiger partial charge in [0.25, 0.3) is 0 Å². The molecule has 128 valence electrons. The second-order valence-electron chi connectivity index (χ2n) is 6.12. The van der Waals surface area contributed by atoms with Crippen LogP contribution in [0, 0.1) is 6.92 Å². The average molecular weight is 359 g/mol. The van der Waals surface area contributed by atoms with Gasteiger partial charge < -0.3 is 11.1 Å². The number of hydrogen-bond donors (Lipinski definition) is 2. The molecule has 3 aromatic carbocycles. The maximum Gasteiger partial charge on any atom is 0.206 e. The number of nitrogen functional groups attached to an aromatic ring is 1. The monoisotopic (exact) mass is 359 g/mol. The number of nitrogens with zero attached hydrogens (tertiary/aromatic N) is 1. The summed E-state index contributed by atoms with van der Waals surface area (Å²) in [5.74, 6) is 0.145. The van der Waals surface area contributed by atoms with E-state index in [2.05, 4.69) is 10.3 Å². The van der Waals surface area contributed by atoms with E-state index in [4.69, 9.17) is 5.73 Å². The van der Waals surface area contributed by atoms with Gasteiger partial charge in [0, 0.05) is 11.3 Å². The van der Waals surface area contributed by atoms with Crippen LogP contribution in [0.5, 0.6) is 0 Å². The standard InChI is InChI=1S/C21H17N3OS/c1-13-5-4-8-17(11-13)23-21-24-20(22)19(26-21)18(25)16-10-9-14-6-2-3-7-15(14)12-16/h2-12H,22H2,1H3,(H,23,24). The highest BCUT2D eigenvalue weighted by molar-refractivity contribution is 7.18. The van der Waals surface area contributed by atoms with Crippen molar-refractivity contribution in [1.82, 2.24) is 4.98 Å². The number of ketones is 1. The molecule has 0 aliphatic heterocycles. The molecule has 0 saturated carbocycles. The predicted octanol–water partition coefficient (Wildman–Crippen LogP) is 5.16. The second-order valence-corrected chi connectivity index (χ2v) is 7.12. The Morgan fingerprint density at radius 1 is 1.00 bits per heavy atom. The predicted molar refractivity (Wildman–Crippen MR) is 108 cm³/mol. The third-order valence-corrected chi connectivity index (χ3v) is 5.13. The number of nitrogens with one attached hydrogen (secondary N) is 1. The Morgan fingerprint density at radius 3 is 2.62 bits per heavy atom. The van der Waals surface area contributed by atoms with Crippen molar-refractivity contribution in [3.05, 3.63) is 82.7 Å². The van der Waals surface area contributed by atoms with E-state index in [1.165, 1.54) is 11.3 Å². The maximum atomic E-state index is 12.9. The number of rotatable bonds is 4. The summed E-state index contributed by atoms with van der Waals surface area (Å²) in [7, 11) is 0. The molecule has 0 saturated heterocycles. The van der Waals surface area contributed by atoms with E-state index in [0.717, 1.165) is 22.0 Å². The molecule has 0 spiro atoms. The molecule has 0 atom stereocenters. The summed E-state index contributed by atoms with van der Waals surface area (Å²) in [5.41, 5.74) is 8.69. The number of fused-ring (bicyclic) bond motifs is 1. The van der Waals surface area contributed by atoms with Crippen LogP contribution in [0.1, 0.15) is 20.8 Å². The van der Waals surface area contributed by atoms with Crippen molar-refractivity contribution in [3.63, 3.8) is 0 Å². The number of benzene rings is 3. The van der Waals surface area contributed by atoms with Crippen molar-refractivity contribution < 1.29 is 4.79 Å². The van der Waals surface area contributed by atoms with Gasteiger partial charge in [-0.2, -0.15) is 0 Å². The number of carbonyl (C=O) groups is 1. The number of anilines is 3. The molecule has 0 radical (unpaired) electrons. The lowest BCUT2D eigenvalue weighted by atomic mass is 10.0. The van der Waals surface area contributed by atoms with Crippen LogP contribution >= 0.6 is 11.3 Å². The lowest BCUT2D eigenvalue weighted by Crippen LogP contribution is -2.02. The molecular weight excluding hydrogens is 342 g/mol. The summed E-state index contributed by atoms with van der Waals surface area (Å²) in [6.45, 7) is 2.02. The number of hydrogen-bond acceptors (Lipinski definition) is 5. The number of aryl methyl sites for hydroxylation is 1. The number of thiazole rings is 1. The molecule has 0 fully saturated rings. The summed E-state index contributed by atoms with van der Waals surface area (Å²) in [4.78, 5) is 17.7. The van der Waals surface area contributed by atoms with Crippen molar-refractivity contribution in [1.29, 1.82) is 0 Å². The highest BCUT2D eigenvalue weighted by atomic mass is 32.1. The van der Waals surface area contributed by atoms with Gasteiger partial charge in [0.2, 0.25) is 5.78 Å². The van der Waals surface area contributed by atoms with Crippen LogP contribution in [0.3, 0.4) is 0 Å². The van der Waals surface area contributed by atoms with Gasteiger partial charge in [-0.25, -0.2) is 4.98 Å². The highest BCUT2D eigenvalue weighted by Crippen LogP contribution is 2.30. The quantitative estimate of drug-likeness (QED) is 0.494. The van der Waals surface area contributed by atoms with Crippen molar-refractivity contribution in [2.75, 3.05) is 11.1 Å². The van der Waals surface area contributed by atoms with Gasteiger partial charge in [0.05, 0.1) is 0 Å². The maximum absolute atomic E-state index is 12.9. The molecule has 1 heterocycles. The van der Waals surface area contributed by atoms with Crippen molar-refractivity contribution in [3.8, 4) is 0 Å². The van der Waals surface area contributed by atoms with E-state index in [0.29, 0.717) is 15.6 Å². The first-order valence-electron chi connectivity index (χ1n) is 8.24. The Kier molecular flexibility index (Phi) is 4.14. The van der Waals surface area contributed by atoms with Crippen molar-refractivity contribution >= 4 is 44.5 Å². The molecule has 0 aliphatic carbocycles. The van der Waals surface area contributed by atoms with Gasteiger partial charge in [-0.05, 0) is 41.5 Å². The first-order chi connectivity index (χ1) is 12.6. The molecule has 0 unspecified atom stereocenters. The first kappa shape index (κ1) is 16.3. The Hall–Kier alpha value is -3.18. The zero-order valence-electron chi connectivity index (χ0n) is 14.2. The number of aromatic nitrogens is 1. The minimum Gasteiger partial charge on any atom is -0.382 e. The van der Waals surface area contributed by atoms with E-state index in [1.807, 2.05) is 73.7 Å². The summed E-state index contributed by atoms with van der Waals surface area (Å²) < 4.78 is 0. The minimum absolute atomic E-state index is 0.108. The van der Waals surface area contributed by atoms with Crippen LogP contribution < -0.4 is 11.1 Å². The topological polar surface area (TPSA) is 68.0 Å². The minimum atomic E-state index is -0.108. The van der Waals surface area contributed by atoms with Crippen LogP contribution in [0.4, 0.5) is 16.6 Å². The van der Waals surface area contributed by atoms with Gasteiger partial charge in [0.1, 0.15) is 10.7 Å². The van der Waals surface area contributed by atoms with Crippen LogP contribution in [-0.4, -0.2) is 10.8 Å². The lowest BCUT2D eigenvalue weighted by molar-refractivity contribution is 0.104. The fraction of sp³-hybridized carbons (Fsp3) is 0.0476. The number of carbonyl (C=O) groups excluding carboxylic acids is 1. The fourth-order valence-corrected chi connectivity index (χ4v) is 3.72. The van der Waals surface area contributed by atoms with Gasteiger partial charge in [-0.1, -0.05) is 59.9 Å². The van der Waals surface area contributed by atoms with E-state index in [-0.39, 0.29) is 11.6 Å². The third-order valence-electron chi connectivity index (χ3n) is 4.14. The van der Waals surface area contributed by atoms with Crippen LogP contribution in [0.15, 0.2) is 66.7 Å². The van der Waals surface area contributed by atoms with Gasteiger partial charge >= 0.3 is 0 Å². The Labute approximate surface area is 155 Å². The lowest BCUT2D eigenvalue weighted by Gasteiger charge is -2.03. The normalized spacial score (nSPS) is 10.8. The van der Waals surface area contributed by atoms with Gasteiger partial charge in [-0.15, -0.1) is 0 Å². The number of nitrogens with two attached hydrogens (primary N) is 1.